The summed E-state index contributed by atoms with van der Waals surface area (Å²) >= 11 is 0. The topological polar surface area (TPSA) is 95.7 Å². The smallest absolute Gasteiger partial charge is 0.261 e. The van der Waals surface area contributed by atoms with Crippen molar-refractivity contribution in [3.63, 3.8) is 0 Å². The van der Waals surface area contributed by atoms with Crippen LogP contribution < -0.4 is 19.5 Å². The fourth-order valence-electron chi connectivity index (χ4n) is 2.86. The van der Waals surface area contributed by atoms with Crippen molar-refractivity contribution in [2.45, 2.75) is 32.9 Å². The molecule has 0 aliphatic rings. The van der Waals surface area contributed by atoms with Crippen molar-refractivity contribution in [2.24, 2.45) is 0 Å². The van der Waals surface area contributed by atoms with E-state index in [1.807, 2.05) is 38.1 Å². The highest BCUT2D eigenvalue weighted by atomic mass is 16.5. The first-order chi connectivity index (χ1) is 14.5. The second-order valence-electron chi connectivity index (χ2n) is 6.58. The third kappa shape index (κ3) is 4.89. The van der Waals surface area contributed by atoms with E-state index in [0.717, 1.165) is 5.56 Å². The zero-order valence-electron chi connectivity index (χ0n) is 17.5. The summed E-state index contributed by atoms with van der Waals surface area (Å²) in [6.07, 6.45) is -0.0895. The van der Waals surface area contributed by atoms with Crippen molar-refractivity contribution in [3.05, 3.63) is 53.9 Å². The predicted octanol–water partition coefficient (Wildman–Crippen LogP) is 3.54. The summed E-state index contributed by atoms with van der Waals surface area (Å²) in [6.45, 7) is 3.93. The van der Waals surface area contributed by atoms with Crippen molar-refractivity contribution < 1.29 is 23.5 Å². The number of rotatable bonds is 9. The molecule has 0 bridgehead atoms. The molecule has 158 valence electrons. The summed E-state index contributed by atoms with van der Waals surface area (Å²) in [5.41, 5.74) is 1.63. The highest BCUT2D eigenvalue weighted by molar-refractivity contribution is 5.81. The van der Waals surface area contributed by atoms with Crippen LogP contribution in [-0.4, -0.2) is 36.4 Å². The van der Waals surface area contributed by atoms with Gasteiger partial charge in [-0.3, -0.25) is 4.79 Å². The van der Waals surface area contributed by atoms with Gasteiger partial charge in [-0.2, -0.15) is 4.98 Å². The Morgan fingerprint density at radius 1 is 1.13 bits per heavy atom. The molecule has 0 fully saturated rings. The number of para-hydroxylation sites is 1. The maximum Gasteiger partial charge on any atom is 0.261 e. The van der Waals surface area contributed by atoms with E-state index in [1.165, 1.54) is 0 Å². The van der Waals surface area contributed by atoms with Crippen molar-refractivity contribution >= 4 is 5.91 Å². The summed E-state index contributed by atoms with van der Waals surface area (Å²) < 4.78 is 21.7. The SMILES string of the molecule is CC[C@H](Oc1ccccc1C)C(=O)NCc1nc(-c2ccc(OC)cc2OC)no1. The molecule has 0 unspecified atom stereocenters. The lowest BCUT2D eigenvalue weighted by Gasteiger charge is -2.18. The molecule has 0 radical (unpaired) electrons. The van der Waals surface area contributed by atoms with E-state index in [2.05, 4.69) is 15.5 Å². The average Bonchev–Trinajstić information content (AvgIpc) is 3.25. The first-order valence-corrected chi connectivity index (χ1v) is 9.60. The molecule has 1 N–H and O–H groups in total. The van der Waals surface area contributed by atoms with Crippen molar-refractivity contribution in [3.8, 4) is 28.6 Å². The molecule has 1 amide bonds. The second-order valence-corrected chi connectivity index (χ2v) is 6.58. The number of nitrogens with zero attached hydrogens (tertiary/aromatic N) is 2. The molecule has 3 rings (SSSR count). The van der Waals surface area contributed by atoms with Crippen LogP contribution in [0.3, 0.4) is 0 Å². The average molecular weight is 411 g/mol. The first-order valence-electron chi connectivity index (χ1n) is 9.60. The molecule has 2 aromatic carbocycles. The molecule has 1 aromatic heterocycles. The maximum absolute atomic E-state index is 12.6. The molecule has 0 saturated heterocycles. The molecule has 0 saturated carbocycles. The van der Waals surface area contributed by atoms with Crippen LogP contribution in [0.15, 0.2) is 47.0 Å². The first kappa shape index (κ1) is 21.2. The Kier molecular flexibility index (Phi) is 6.90. The Labute approximate surface area is 175 Å². The number of benzene rings is 2. The van der Waals surface area contributed by atoms with Crippen LogP contribution in [0.25, 0.3) is 11.4 Å². The normalized spacial score (nSPS) is 11.6. The highest BCUT2D eigenvalue weighted by Crippen LogP contribution is 2.31. The van der Waals surface area contributed by atoms with Gasteiger partial charge in [-0.1, -0.05) is 30.3 Å². The summed E-state index contributed by atoms with van der Waals surface area (Å²) in [5, 5.41) is 6.77. The summed E-state index contributed by atoms with van der Waals surface area (Å²) in [7, 11) is 3.13. The summed E-state index contributed by atoms with van der Waals surface area (Å²) in [4.78, 5) is 16.9. The number of aryl methyl sites for hydroxylation is 1. The van der Waals surface area contributed by atoms with Gasteiger partial charge in [0.2, 0.25) is 11.7 Å². The molecule has 3 aromatic rings. The van der Waals surface area contributed by atoms with Gasteiger partial charge in [0.1, 0.15) is 17.2 Å². The molecular formula is C22H25N3O5. The Bertz CT molecular complexity index is 1000. The highest BCUT2D eigenvalue weighted by Gasteiger charge is 2.20. The van der Waals surface area contributed by atoms with E-state index in [0.29, 0.717) is 35.1 Å². The number of nitrogens with one attached hydrogen (secondary N) is 1. The van der Waals surface area contributed by atoms with Crippen LogP contribution >= 0.6 is 0 Å². The minimum absolute atomic E-state index is 0.0952. The van der Waals surface area contributed by atoms with Gasteiger partial charge in [-0.25, -0.2) is 0 Å². The lowest BCUT2D eigenvalue weighted by Crippen LogP contribution is -2.37. The van der Waals surface area contributed by atoms with E-state index in [4.69, 9.17) is 18.7 Å². The molecule has 0 aliphatic carbocycles. The van der Waals surface area contributed by atoms with Gasteiger partial charge < -0.3 is 24.1 Å². The lowest BCUT2D eigenvalue weighted by atomic mass is 10.2. The second kappa shape index (κ2) is 9.78. The van der Waals surface area contributed by atoms with Gasteiger partial charge in [0.25, 0.3) is 5.91 Å². The maximum atomic E-state index is 12.6. The predicted molar refractivity (Wildman–Crippen MR) is 111 cm³/mol. The van der Waals surface area contributed by atoms with E-state index < -0.39 is 6.10 Å². The van der Waals surface area contributed by atoms with Crippen molar-refractivity contribution in [1.29, 1.82) is 0 Å². The Balaban J connectivity index is 1.65. The molecular weight excluding hydrogens is 386 g/mol. The van der Waals surface area contributed by atoms with E-state index >= 15 is 0 Å². The fourth-order valence-corrected chi connectivity index (χ4v) is 2.86. The number of hydrogen-bond acceptors (Lipinski definition) is 7. The largest absolute Gasteiger partial charge is 0.497 e. The Hall–Kier alpha value is -3.55. The standard InChI is InChI=1S/C22H25N3O5/c1-5-17(29-18-9-7-6-8-14(18)2)22(26)23-13-20-24-21(25-30-20)16-11-10-15(27-3)12-19(16)28-4/h6-12,17H,5,13H2,1-4H3,(H,23,26)/t17-/m0/s1. The minimum Gasteiger partial charge on any atom is -0.497 e. The van der Waals surface area contributed by atoms with Crippen LogP contribution in [0.1, 0.15) is 24.8 Å². The third-order valence-electron chi connectivity index (χ3n) is 4.56. The van der Waals surface area contributed by atoms with Gasteiger partial charge in [-0.05, 0) is 37.1 Å². The van der Waals surface area contributed by atoms with Crippen molar-refractivity contribution in [2.75, 3.05) is 14.2 Å². The number of hydrogen-bond donors (Lipinski definition) is 1. The Morgan fingerprint density at radius 3 is 2.63 bits per heavy atom. The molecule has 1 atom stereocenters. The lowest BCUT2D eigenvalue weighted by molar-refractivity contribution is -0.128. The van der Waals surface area contributed by atoms with E-state index in [9.17, 15) is 4.79 Å². The molecule has 30 heavy (non-hydrogen) atoms. The monoisotopic (exact) mass is 411 g/mol. The third-order valence-corrected chi connectivity index (χ3v) is 4.56. The van der Waals surface area contributed by atoms with E-state index in [-0.39, 0.29) is 18.3 Å². The Morgan fingerprint density at radius 2 is 1.93 bits per heavy atom. The van der Waals surface area contributed by atoms with Crippen molar-refractivity contribution in [1.82, 2.24) is 15.5 Å². The van der Waals surface area contributed by atoms with Gasteiger partial charge in [0, 0.05) is 6.07 Å². The number of carbonyl (C=O) groups excluding carboxylic acids is 1. The van der Waals surface area contributed by atoms with Gasteiger partial charge in [0.15, 0.2) is 6.10 Å². The van der Waals surface area contributed by atoms with Crippen LogP contribution in [0.2, 0.25) is 0 Å². The minimum atomic E-state index is -0.616. The zero-order valence-corrected chi connectivity index (χ0v) is 17.5. The van der Waals surface area contributed by atoms with Crippen LogP contribution in [0.5, 0.6) is 17.2 Å². The quantitative estimate of drug-likeness (QED) is 0.575. The van der Waals surface area contributed by atoms with Crippen LogP contribution in [-0.2, 0) is 11.3 Å². The molecule has 1 heterocycles. The van der Waals surface area contributed by atoms with Gasteiger partial charge in [0.05, 0.1) is 26.3 Å². The fraction of sp³-hybridized carbons (Fsp3) is 0.318. The number of carbonyl (C=O) groups is 1. The number of amides is 1. The summed E-state index contributed by atoms with van der Waals surface area (Å²) in [6, 6.07) is 12.9. The van der Waals surface area contributed by atoms with Crippen LogP contribution in [0.4, 0.5) is 0 Å². The molecule has 0 aliphatic heterocycles. The number of aromatic nitrogens is 2. The van der Waals surface area contributed by atoms with Crippen LogP contribution in [0, 0.1) is 6.92 Å². The molecule has 8 nitrogen and oxygen atoms in total. The number of methoxy groups -OCH3 is 2. The number of ether oxygens (including phenoxy) is 3. The van der Waals surface area contributed by atoms with Gasteiger partial charge in [-0.15, -0.1) is 0 Å². The van der Waals surface area contributed by atoms with Gasteiger partial charge >= 0.3 is 0 Å². The zero-order chi connectivity index (χ0) is 21.5. The summed E-state index contributed by atoms with van der Waals surface area (Å²) in [5.74, 6) is 2.30. The molecule has 0 spiro atoms. The molecule has 8 heteroatoms. The van der Waals surface area contributed by atoms with E-state index in [1.54, 1.807) is 32.4 Å².